The van der Waals surface area contributed by atoms with Crippen molar-refractivity contribution in [3.63, 3.8) is 0 Å². The van der Waals surface area contributed by atoms with E-state index in [-0.39, 0.29) is 6.10 Å². The number of ether oxygens (including phenoxy) is 2. The lowest BCUT2D eigenvalue weighted by Crippen LogP contribution is -2.06. The third-order valence-electron chi connectivity index (χ3n) is 3.46. The van der Waals surface area contributed by atoms with E-state index in [1.807, 2.05) is 45.0 Å². The van der Waals surface area contributed by atoms with E-state index >= 15 is 0 Å². The zero-order valence-electron chi connectivity index (χ0n) is 14.6. The highest BCUT2D eigenvalue weighted by Crippen LogP contribution is 2.32. The maximum atomic E-state index is 6.23. The molecule has 0 saturated heterocycles. The Hall–Kier alpha value is -1.80. The van der Waals surface area contributed by atoms with E-state index < -0.39 is 0 Å². The van der Waals surface area contributed by atoms with Crippen LogP contribution in [0.2, 0.25) is 5.02 Å². The fourth-order valence-electron chi connectivity index (χ4n) is 2.35. The molecule has 0 aliphatic carbocycles. The highest BCUT2D eigenvalue weighted by molar-refractivity contribution is 14.1. The molecule has 3 aromatic rings. The summed E-state index contributed by atoms with van der Waals surface area (Å²) in [6.07, 6.45) is 0.121. The lowest BCUT2D eigenvalue weighted by atomic mass is 10.2. The van der Waals surface area contributed by atoms with Crippen molar-refractivity contribution in [3.8, 4) is 34.3 Å². The van der Waals surface area contributed by atoms with Gasteiger partial charge >= 0.3 is 0 Å². The fraction of sp³-hybridized carbons (Fsp3) is 0.263. The third-order valence-corrected chi connectivity index (χ3v) is 4.60. The molecule has 0 spiro atoms. The summed E-state index contributed by atoms with van der Waals surface area (Å²) in [6.45, 7) is 6.46. The predicted octanol–water partition coefficient (Wildman–Crippen LogP) is 5.85. The first-order valence-electron chi connectivity index (χ1n) is 8.21. The average Bonchev–Trinajstić information content (AvgIpc) is 3.08. The molecule has 0 aliphatic rings. The summed E-state index contributed by atoms with van der Waals surface area (Å²) in [5.74, 6) is 2.39. The van der Waals surface area contributed by atoms with Crippen LogP contribution in [0, 0.1) is 3.57 Å². The van der Waals surface area contributed by atoms with Gasteiger partial charge in [0.15, 0.2) is 0 Å². The van der Waals surface area contributed by atoms with Crippen molar-refractivity contribution < 1.29 is 14.0 Å². The van der Waals surface area contributed by atoms with Gasteiger partial charge in [0, 0.05) is 11.1 Å². The van der Waals surface area contributed by atoms with E-state index in [1.165, 1.54) is 0 Å². The second-order valence-corrected chi connectivity index (χ2v) is 7.38. The van der Waals surface area contributed by atoms with Crippen LogP contribution in [0.5, 0.6) is 11.5 Å². The predicted molar refractivity (Wildman–Crippen MR) is 110 cm³/mol. The Morgan fingerprint density at radius 3 is 2.50 bits per heavy atom. The van der Waals surface area contributed by atoms with E-state index in [1.54, 1.807) is 12.1 Å². The first kappa shape index (κ1) is 19.0. The van der Waals surface area contributed by atoms with Crippen molar-refractivity contribution in [1.82, 2.24) is 10.1 Å². The van der Waals surface area contributed by atoms with Crippen LogP contribution in [0.4, 0.5) is 0 Å². The minimum Gasteiger partial charge on any atom is -0.492 e. The summed E-state index contributed by atoms with van der Waals surface area (Å²) in [6, 6.07) is 11.2. The van der Waals surface area contributed by atoms with Crippen molar-refractivity contribution in [2.45, 2.75) is 26.9 Å². The number of benzene rings is 2. The van der Waals surface area contributed by atoms with Gasteiger partial charge < -0.3 is 14.0 Å². The molecular weight excluding hydrogens is 467 g/mol. The molecule has 0 N–H and O–H groups in total. The SMILES string of the molecule is CCOc1ccc(-c2nc(-c3ccc(OC(C)C)c(I)c3)no2)cc1Cl. The number of halogens is 2. The molecule has 7 heteroatoms. The number of aromatic nitrogens is 2. The van der Waals surface area contributed by atoms with Gasteiger partial charge in [-0.2, -0.15) is 4.98 Å². The quantitative estimate of drug-likeness (QED) is 0.411. The summed E-state index contributed by atoms with van der Waals surface area (Å²) >= 11 is 8.47. The fourth-order valence-corrected chi connectivity index (χ4v) is 3.23. The van der Waals surface area contributed by atoms with Crippen LogP contribution in [0.1, 0.15) is 20.8 Å². The van der Waals surface area contributed by atoms with Gasteiger partial charge in [-0.1, -0.05) is 16.8 Å². The van der Waals surface area contributed by atoms with Gasteiger partial charge in [-0.25, -0.2) is 0 Å². The van der Waals surface area contributed by atoms with Gasteiger partial charge in [-0.15, -0.1) is 0 Å². The topological polar surface area (TPSA) is 57.4 Å². The monoisotopic (exact) mass is 484 g/mol. The van der Waals surface area contributed by atoms with Crippen LogP contribution in [0.3, 0.4) is 0 Å². The first-order chi connectivity index (χ1) is 12.5. The number of hydrogen-bond acceptors (Lipinski definition) is 5. The van der Waals surface area contributed by atoms with E-state index in [0.29, 0.717) is 29.1 Å². The maximum absolute atomic E-state index is 6.23. The second-order valence-electron chi connectivity index (χ2n) is 5.81. The molecule has 0 aliphatic heterocycles. The molecule has 0 bridgehead atoms. The zero-order chi connectivity index (χ0) is 18.7. The molecule has 26 heavy (non-hydrogen) atoms. The molecule has 0 amide bonds. The van der Waals surface area contributed by atoms with Gasteiger partial charge in [-0.05, 0) is 79.8 Å². The largest absolute Gasteiger partial charge is 0.492 e. The van der Waals surface area contributed by atoms with Gasteiger partial charge in [-0.3, -0.25) is 0 Å². The summed E-state index contributed by atoms with van der Waals surface area (Å²) in [4.78, 5) is 4.48. The molecule has 5 nitrogen and oxygen atoms in total. The minimum atomic E-state index is 0.121. The normalized spacial score (nSPS) is 11.0. The summed E-state index contributed by atoms with van der Waals surface area (Å²) in [5, 5.41) is 4.59. The van der Waals surface area contributed by atoms with Crippen LogP contribution in [-0.2, 0) is 0 Å². The zero-order valence-corrected chi connectivity index (χ0v) is 17.5. The number of nitrogens with zero attached hydrogens (tertiary/aromatic N) is 2. The molecule has 0 fully saturated rings. The Morgan fingerprint density at radius 1 is 1.12 bits per heavy atom. The van der Waals surface area contributed by atoms with E-state index in [4.69, 9.17) is 25.6 Å². The van der Waals surface area contributed by atoms with E-state index in [2.05, 4.69) is 32.7 Å². The summed E-state index contributed by atoms with van der Waals surface area (Å²) < 4.78 is 17.6. The molecule has 2 aromatic carbocycles. The number of hydrogen-bond donors (Lipinski definition) is 0. The van der Waals surface area contributed by atoms with E-state index in [0.717, 1.165) is 20.4 Å². The molecule has 136 valence electrons. The van der Waals surface area contributed by atoms with Crippen molar-refractivity contribution in [1.29, 1.82) is 0 Å². The van der Waals surface area contributed by atoms with E-state index in [9.17, 15) is 0 Å². The Bertz CT molecular complexity index is 912. The van der Waals surface area contributed by atoms with Crippen LogP contribution in [-0.4, -0.2) is 22.9 Å². The molecule has 3 rings (SSSR count). The van der Waals surface area contributed by atoms with Crippen LogP contribution in [0.25, 0.3) is 22.8 Å². The van der Waals surface area contributed by atoms with Crippen LogP contribution in [0.15, 0.2) is 40.9 Å². The Morgan fingerprint density at radius 2 is 1.85 bits per heavy atom. The van der Waals surface area contributed by atoms with Gasteiger partial charge in [0.1, 0.15) is 11.5 Å². The smallest absolute Gasteiger partial charge is 0.258 e. The molecular formula is C19H18ClIN2O3. The van der Waals surface area contributed by atoms with Gasteiger partial charge in [0.05, 0.1) is 21.3 Å². The lowest BCUT2D eigenvalue weighted by molar-refractivity contribution is 0.240. The third kappa shape index (κ3) is 4.29. The van der Waals surface area contributed by atoms with Gasteiger partial charge in [0.2, 0.25) is 5.82 Å². The molecule has 0 saturated carbocycles. The Labute approximate surface area is 170 Å². The standard InChI is InChI=1S/C19H18ClIN2O3/c1-4-24-16-7-6-13(9-14(16)20)19-22-18(23-26-19)12-5-8-17(15(21)10-12)25-11(2)3/h5-11H,4H2,1-3H3. The minimum absolute atomic E-state index is 0.121. The van der Waals surface area contributed by atoms with Crippen LogP contribution < -0.4 is 9.47 Å². The molecule has 1 aromatic heterocycles. The summed E-state index contributed by atoms with van der Waals surface area (Å²) in [7, 11) is 0. The van der Waals surface area contributed by atoms with Crippen molar-refractivity contribution in [3.05, 3.63) is 45.0 Å². The van der Waals surface area contributed by atoms with Crippen molar-refractivity contribution in [2.75, 3.05) is 6.61 Å². The van der Waals surface area contributed by atoms with Crippen LogP contribution >= 0.6 is 34.2 Å². The van der Waals surface area contributed by atoms with Crippen molar-refractivity contribution >= 4 is 34.2 Å². The molecule has 0 unspecified atom stereocenters. The Kier molecular flexibility index (Phi) is 6.03. The number of rotatable bonds is 6. The molecule has 0 radical (unpaired) electrons. The highest BCUT2D eigenvalue weighted by Gasteiger charge is 2.14. The molecule has 0 atom stereocenters. The molecule has 1 heterocycles. The first-order valence-corrected chi connectivity index (χ1v) is 9.66. The average molecular weight is 485 g/mol. The highest BCUT2D eigenvalue weighted by atomic mass is 127. The lowest BCUT2D eigenvalue weighted by Gasteiger charge is -2.11. The maximum Gasteiger partial charge on any atom is 0.258 e. The van der Waals surface area contributed by atoms with Gasteiger partial charge in [0.25, 0.3) is 5.89 Å². The van der Waals surface area contributed by atoms with Crippen molar-refractivity contribution in [2.24, 2.45) is 0 Å². The Balaban J connectivity index is 1.86. The second kappa shape index (κ2) is 8.26. The summed E-state index contributed by atoms with van der Waals surface area (Å²) in [5.41, 5.74) is 1.60.